The molecule has 8 aromatic rings. The molecule has 0 aromatic heterocycles. The van der Waals surface area contributed by atoms with Gasteiger partial charge < -0.3 is 4.90 Å². The first kappa shape index (κ1) is 31.5. The van der Waals surface area contributed by atoms with Gasteiger partial charge in [0.15, 0.2) is 0 Å². The molecule has 0 heterocycles. The van der Waals surface area contributed by atoms with Crippen molar-refractivity contribution < 1.29 is 0 Å². The molecule has 0 fully saturated rings. The molecule has 0 amide bonds. The number of nitrogens with zero attached hydrogens (tertiary/aromatic N) is 1. The summed E-state index contributed by atoms with van der Waals surface area (Å²) >= 11 is 0. The number of benzene rings is 8. The zero-order valence-electron chi connectivity index (χ0n) is 29.6. The molecule has 0 saturated heterocycles. The van der Waals surface area contributed by atoms with Crippen LogP contribution in [0.2, 0.25) is 0 Å². The van der Waals surface area contributed by atoms with E-state index in [2.05, 4.69) is 207 Å². The minimum absolute atomic E-state index is 0.176. The lowest BCUT2D eigenvalue weighted by atomic mass is 9.80. The fourth-order valence-corrected chi connectivity index (χ4v) is 8.48. The molecule has 0 N–H and O–H groups in total. The van der Waals surface area contributed by atoms with Crippen molar-refractivity contribution in [2.24, 2.45) is 0 Å². The van der Waals surface area contributed by atoms with Crippen LogP contribution in [0.25, 0.3) is 61.4 Å². The molecule has 9 rings (SSSR count). The van der Waals surface area contributed by atoms with Crippen LogP contribution in [0.4, 0.5) is 17.1 Å². The number of hydrogen-bond acceptors (Lipinski definition) is 1. The van der Waals surface area contributed by atoms with Crippen molar-refractivity contribution in [3.8, 4) is 44.5 Å². The largest absolute Gasteiger partial charge is 0.309 e. The number of hydrogen-bond donors (Lipinski definition) is 0. The summed E-state index contributed by atoms with van der Waals surface area (Å²) in [6.45, 7) is 8.89. The van der Waals surface area contributed by atoms with Crippen LogP contribution in [0.15, 0.2) is 189 Å². The molecule has 0 aliphatic heterocycles. The smallest absolute Gasteiger partial charge is 0.0543 e. The monoisotopic (exact) mass is 665 g/mol. The molecule has 8 aromatic carbocycles. The van der Waals surface area contributed by atoms with E-state index >= 15 is 0 Å². The van der Waals surface area contributed by atoms with Crippen LogP contribution in [0, 0.1) is 0 Å². The summed E-state index contributed by atoms with van der Waals surface area (Å²) in [6, 6.07) is 66.1. The van der Waals surface area contributed by atoms with E-state index in [1.807, 2.05) is 6.08 Å². The highest BCUT2D eigenvalue weighted by atomic mass is 15.1. The lowest BCUT2D eigenvalue weighted by molar-refractivity contribution is 0.659. The van der Waals surface area contributed by atoms with Crippen LogP contribution in [0.3, 0.4) is 0 Å². The summed E-state index contributed by atoms with van der Waals surface area (Å²) in [4.78, 5) is 2.47. The van der Waals surface area contributed by atoms with Gasteiger partial charge in [-0.25, -0.2) is 0 Å². The van der Waals surface area contributed by atoms with Gasteiger partial charge in [0.1, 0.15) is 0 Å². The Morgan fingerprint density at radius 2 is 0.981 bits per heavy atom. The molecule has 1 aliphatic carbocycles. The molecule has 0 radical (unpaired) electrons. The van der Waals surface area contributed by atoms with E-state index in [0.29, 0.717) is 0 Å². The van der Waals surface area contributed by atoms with Gasteiger partial charge in [0.2, 0.25) is 0 Å². The third kappa shape index (κ3) is 5.09. The third-order valence-electron chi connectivity index (χ3n) is 10.8. The van der Waals surface area contributed by atoms with E-state index in [4.69, 9.17) is 0 Å². The van der Waals surface area contributed by atoms with Gasteiger partial charge in [-0.05, 0) is 85.1 Å². The van der Waals surface area contributed by atoms with Gasteiger partial charge in [0.25, 0.3) is 0 Å². The van der Waals surface area contributed by atoms with Crippen molar-refractivity contribution in [3.05, 3.63) is 205 Å². The molecule has 0 atom stereocenters. The maximum atomic E-state index is 4.20. The summed E-state index contributed by atoms with van der Waals surface area (Å²) in [5, 5.41) is 2.51. The molecule has 1 aliphatic rings. The van der Waals surface area contributed by atoms with Crippen LogP contribution >= 0.6 is 0 Å². The Bertz CT molecular complexity index is 2590. The van der Waals surface area contributed by atoms with Crippen molar-refractivity contribution in [3.63, 3.8) is 0 Å². The standard InChI is InChI=1S/C51H39N/c1-4-35-21-13-27-44-49-45(51(2,3)50(35)44)28-16-30-47(49)52(46-29-12-11-24-41(46)36-17-7-5-8-18-36)40-33-31-38(32-34-40)43-26-15-23-39-22-14-25-42(48(39)43)37-19-9-6-10-20-37/h4-34H,1H2,2-3H3. The SMILES string of the molecule is C=Cc1cccc2c1C(C)(C)c1cccc(N(c3ccc(-c4cccc5cccc(-c6ccccc6)c45)cc3)c3ccccc3-c3ccccc3)c1-2. The van der Waals surface area contributed by atoms with E-state index in [-0.39, 0.29) is 5.41 Å². The molecule has 248 valence electrons. The average molecular weight is 666 g/mol. The summed E-state index contributed by atoms with van der Waals surface area (Å²) in [5.41, 5.74) is 16.9. The molecular weight excluding hydrogens is 627 g/mol. The average Bonchev–Trinajstić information content (AvgIpc) is 3.45. The predicted molar refractivity (Wildman–Crippen MR) is 223 cm³/mol. The molecule has 1 nitrogen and oxygen atoms in total. The van der Waals surface area contributed by atoms with Gasteiger partial charge in [-0.3, -0.25) is 0 Å². The number of para-hydroxylation sites is 1. The Balaban J connectivity index is 1.27. The Hall–Kier alpha value is -6.44. The lowest BCUT2D eigenvalue weighted by Gasteiger charge is -2.30. The van der Waals surface area contributed by atoms with E-state index < -0.39 is 0 Å². The van der Waals surface area contributed by atoms with Gasteiger partial charge >= 0.3 is 0 Å². The molecule has 0 spiro atoms. The van der Waals surface area contributed by atoms with Crippen molar-refractivity contribution >= 4 is 33.9 Å². The molecule has 0 saturated carbocycles. The van der Waals surface area contributed by atoms with Gasteiger partial charge in [-0.2, -0.15) is 0 Å². The highest BCUT2D eigenvalue weighted by Crippen LogP contribution is 2.56. The van der Waals surface area contributed by atoms with E-state index in [1.54, 1.807) is 0 Å². The summed E-state index contributed by atoms with van der Waals surface area (Å²) in [7, 11) is 0. The molecule has 0 unspecified atom stereocenters. The fourth-order valence-electron chi connectivity index (χ4n) is 8.48. The van der Waals surface area contributed by atoms with Crippen molar-refractivity contribution in [2.75, 3.05) is 4.90 Å². The topological polar surface area (TPSA) is 3.24 Å². The van der Waals surface area contributed by atoms with Gasteiger partial charge in [0.05, 0.1) is 11.4 Å². The summed E-state index contributed by atoms with van der Waals surface area (Å²) in [5.74, 6) is 0. The lowest BCUT2D eigenvalue weighted by Crippen LogP contribution is -2.17. The van der Waals surface area contributed by atoms with E-state index in [0.717, 1.165) is 17.1 Å². The van der Waals surface area contributed by atoms with Gasteiger partial charge in [-0.15, -0.1) is 0 Å². The fraction of sp³-hybridized carbons (Fsp3) is 0.0588. The number of rotatable bonds is 7. The highest BCUT2D eigenvalue weighted by Gasteiger charge is 2.39. The van der Waals surface area contributed by atoms with Crippen molar-refractivity contribution in [1.82, 2.24) is 0 Å². The maximum Gasteiger partial charge on any atom is 0.0543 e. The number of fused-ring (bicyclic) bond motifs is 4. The first-order valence-corrected chi connectivity index (χ1v) is 18.1. The quantitative estimate of drug-likeness (QED) is 0.164. The Morgan fingerprint density at radius 3 is 1.65 bits per heavy atom. The van der Waals surface area contributed by atoms with E-state index in [1.165, 1.54) is 72.0 Å². The number of anilines is 3. The molecule has 52 heavy (non-hydrogen) atoms. The van der Waals surface area contributed by atoms with Crippen LogP contribution < -0.4 is 4.90 Å². The predicted octanol–water partition coefficient (Wildman–Crippen LogP) is 14.3. The van der Waals surface area contributed by atoms with Crippen molar-refractivity contribution in [2.45, 2.75) is 19.3 Å². The zero-order valence-corrected chi connectivity index (χ0v) is 29.6. The van der Waals surface area contributed by atoms with Crippen LogP contribution in [-0.2, 0) is 5.41 Å². The normalized spacial score (nSPS) is 12.7. The van der Waals surface area contributed by atoms with Crippen LogP contribution in [0.1, 0.15) is 30.5 Å². The Morgan fingerprint density at radius 1 is 0.462 bits per heavy atom. The van der Waals surface area contributed by atoms with Crippen LogP contribution in [0.5, 0.6) is 0 Å². The van der Waals surface area contributed by atoms with Crippen LogP contribution in [-0.4, -0.2) is 0 Å². The molecular formula is C51H39N. The zero-order chi connectivity index (χ0) is 35.2. The first-order valence-electron chi connectivity index (χ1n) is 18.1. The minimum Gasteiger partial charge on any atom is -0.309 e. The molecule has 1 heteroatoms. The second-order valence-electron chi connectivity index (χ2n) is 14.1. The third-order valence-corrected chi connectivity index (χ3v) is 10.8. The Labute approximate surface area is 306 Å². The maximum absolute atomic E-state index is 4.20. The molecule has 0 bridgehead atoms. The van der Waals surface area contributed by atoms with Gasteiger partial charge in [0, 0.05) is 22.2 Å². The first-order chi connectivity index (χ1) is 25.5. The minimum atomic E-state index is -0.176. The van der Waals surface area contributed by atoms with Gasteiger partial charge in [-0.1, -0.05) is 184 Å². The second-order valence-corrected chi connectivity index (χ2v) is 14.1. The summed E-state index contributed by atoms with van der Waals surface area (Å²) in [6.07, 6.45) is 2.00. The summed E-state index contributed by atoms with van der Waals surface area (Å²) < 4.78 is 0. The second kappa shape index (κ2) is 12.7. The highest BCUT2D eigenvalue weighted by molar-refractivity contribution is 6.07. The van der Waals surface area contributed by atoms with Crippen molar-refractivity contribution in [1.29, 1.82) is 0 Å². The Kier molecular flexibility index (Phi) is 7.71. The van der Waals surface area contributed by atoms with E-state index in [9.17, 15) is 0 Å².